The molecule has 0 atom stereocenters. The molecule has 134 valence electrons. The Morgan fingerprint density at radius 3 is 1.70 bits per heavy atom. The van der Waals surface area contributed by atoms with Crippen LogP contribution >= 0.6 is 0 Å². The molecule has 0 spiro atoms. The molecule has 0 radical (unpaired) electrons. The van der Waals surface area contributed by atoms with Crippen molar-refractivity contribution < 1.29 is 4.79 Å². The highest BCUT2D eigenvalue weighted by molar-refractivity contribution is 5.91. The Morgan fingerprint density at radius 2 is 1.22 bits per heavy atom. The van der Waals surface area contributed by atoms with Gasteiger partial charge in [-0.3, -0.25) is 4.79 Å². The van der Waals surface area contributed by atoms with E-state index in [-0.39, 0.29) is 5.91 Å². The van der Waals surface area contributed by atoms with E-state index < -0.39 is 0 Å². The Bertz CT molecular complexity index is 320. The lowest BCUT2D eigenvalue weighted by Gasteiger charge is -2.02. The summed E-state index contributed by atoms with van der Waals surface area (Å²) in [6.07, 6.45) is 23.7. The molecule has 0 aliphatic heterocycles. The molecule has 0 rings (SSSR count). The lowest BCUT2D eigenvalue weighted by atomic mass is 10.0. The van der Waals surface area contributed by atoms with Crippen molar-refractivity contribution in [3.63, 3.8) is 0 Å². The molecule has 0 aliphatic carbocycles. The van der Waals surface area contributed by atoms with Gasteiger partial charge in [-0.05, 0) is 38.5 Å². The van der Waals surface area contributed by atoms with Crippen LogP contribution < -0.4 is 5.73 Å². The quantitative estimate of drug-likeness (QED) is 0.186. The van der Waals surface area contributed by atoms with Crippen molar-refractivity contribution in [1.82, 2.24) is 0 Å². The molecule has 0 aromatic carbocycles. The predicted octanol–water partition coefficient (Wildman–Crippen LogP) is 6.46. The first-order valence-electron chi connectivity index (χ1n) is 9.81. The third-order valence-electron chi connectivity index (χ3n) is 4.34. The van der Waals surface area contributed by atoms with E-state index in [1.165, 1.54) is 83.5 Å². The van der Waals surface area contributed by atoms with Gasteiger partial charge in [0.05, 0.1) is 0 Å². The summed E-state index contributed by atoms with van der Waals surface area (Å²) >= 11 is 0. The Hall–Kier alpha value is -1.05. The number of carbonyl (C=O) groups excluding carboxylic acids is 1. The second kappa shape index (κ2) is 17.3. The molecule has 2 N–H and O–H groups in total. The standard InChI is InChI=1S/C21H39NO/c1-3-4-5-6-7-8-9-10-11-12-13-14-15-16-17-18-19-20(2)21(22)23/h10-11H,2-9,12-19H2,1H3,(H2,22,23). The van der Waals surface area contributed by atoms with Crippen molar-refractivity contribution in [3.05, 3.63) is 24.3 Å². The Balaban J connectivity index is 3.16. The molecule has 0 saturated carbocycles. The van der Waals surface area contributed by atoms with Gasteiger partial charge in [0.1, 0.15) is 0 Å². The molecule has 0 aromatic heterocycles. The van der Waals surface area contributed by atoms with Gasteiger partial charge in [-0.1, -0.05) is 83.4 Å². The Morgan fingerprint density at radius 1 is 0.783 bits per heavy atom. The fourth-order valence-electron chi connectivity index (χ4n) is 2.71. The van der Waals surface area contributed by atoms with Gasteiger partial charge < -0.3 is 5.73 Å². The van der Waals surface area contributed by atoms with Crippen LogP contribution in [-0.2, 0) is 4.79 Å². The van der Waals surface area contributed by atoms with Gasteiger partial charge in [0.25, 0.3) is 0 Å². The van der Waals surface area contributed by atoms with E-state index in [0.29, 0.717) is 5.57 Å². The molecule has 0 fully saturated rings. The molecular formula is C21H39NO. The van der Waals surface area contributed by atoms with E-state index in [9.17, 15) is 4.79 Å². The number of hydrogen-bond acceptors (Lipinski definition) is 1. The maximum atomic E-state index is 10.8. The molecule has 0 bridgehead atoms. The number of rotatable bonds is 17. The minimum Gasteiger partial charge on any atom is -0.366 e. The van der Waals surface area contributed by atoms with Gasteiger partial charge in [0.15, 0.2) is 0 Å². The van der Waals surface area contributed by atoms with E-state index in [4.69, 9.17) is 5.73 Å². The molecule has 0 heterocycles. The van der Waals surface area contributed by atoms with Gasteiger partial charge in [0.2, 0.25) is 5.91 Å². The van der Waals surface area contributed by atoms with E-state index >= 15 is 0 Å². The zero-order chi connectivity index (χ0) is 17.2. The van der Waals surface area contributed by atoms with Crippen LogP contribution in [0.2, 0.25) is 0 Å². The highest BCUT2D eigenvalue weighted by Gasteiger charge is 2.00. The second-order valence-electron chi connectivity index (χ2n) is 6.66. The summed E-state index contributed by atoms with van der Waals surface area (Å²) in [4.78, 5) is 10.8. The summed E-state index contributed by atoms with van der Waals surface area (Å²) in [6, 6.07) is 0. The number of hydrogen-bond donors (Lipinski definition) is 1. The van der Waals surface area contributed by atoms with Crippen molar-refractivity contribution >= 4 is 5.91 Å². The summed E-state index contributed by atoms with van der Waals surface area (Å²) < 4.78 is 0. The van der Waals surface area contributed by atoms with Gasteiger partial charge in [0, 0.05) is 5.57 Å². The fraction of sp³-hybridized carbons (Fsp3) is 0.762. The molecule has 0 unspecified atom stereocenters. The zero-order valence-electron chi connectivity index (χ0n) is 15.5. The van der Waals surface area contributed by atoms with Crippen LogP contribution in [0.5, 0.6) is 0 Å². The Labute approximate surface area is 144 Å². The summed E-state index contributed by atoms with van der Waals surface area (Å²) in [6.45, 7) is 5.95. The first-order valence-corrected chi connectivity index (χ1v) is 9.81. The van der Waals surface area contributed by atoms with Gasteiger partial charge in [-0.2, -0.15) is 0 Å². The summed E-state index contributed by atoms with van der Waals surface area (Å²) in [5.74, 6) is -0.349. The molecule has 0 aliphatic rings. The minimum atomic E-state index is -0.349. The van der Waals surface area contributed by atoms with Gasteiger partial charge in [-0.25, -0.2) is 0 Å². The number of unbranched alkanes of at least 4 members (excludes halogenated alkanes) is 12. The zero-order valence-corrected chi connectivity index (χ0v) is 15.5. The van der Waals surface area contributed by atoms with Crippen molar-refractivity contribution in [2.75, 3.05) is 0 Å². The molecule has 0 saturated heterocycles. The number of nitrogens with two attached hydrogens (primary N) is 1. The smallest absolute Gasteiger partial charge is 0.244 e. The third kappa shape index (κ3) is 17.1. The van der Waals surface area contributed by atoms with Crippen molar-refractivity contribution in [2.45, 2.75) is 103 Å². The monoisotopic (exact) mass is 321 g/mol. The molecule has 2 nitrogen and oxygen atoms in total. The SMILES string of the molecule is C=C(CCCCCCCCC=CCCCCCCCC)C(N)=O. The lowest BCUT2D eigenvalue weighted by molar-refractivity contribution is -0.114. The average molecular weight is 322 g/mol. The number of carbonyl (C=O) groups is 1. The maximum absolute atomic E-state index is 10.8. The highest BCUT2D eigenvalue weighted by atomic mass is 16.1. The van der Waals surface area contributed by atoms with E-state index in [2.05, 4.69) is 25.7 Å². The molecule has 2 heteroatoms. The first kappa shape index (κ1) is 21.9. The van der Waals surface area contributed by atoms with Crippen LogP contribution in [0, 0.1) is 0 Å². The van der Waals surface area contributed by atoms with Crippen LogP contribution in [0.15, 0.2) is 24.3 Å². The third-order valence-corrected chi connectivity index (χ3v) is 4.34. The molecule has 23 heavy (non-hydrogen) atoms. The topological polar surface area (TPSA) is 43.1 Å². The van der Waals surface area contributed by atoms with Crippen LogP contribution in [0.25, 0.3) is 0 Å². The van der Waals surface area contributed by atoms with Gasteiger partial charge >= 0.3 is 0 Å². The minimum absolute atomic E-state index is 0.349. The summed E-state index contributed by atoms with van der Waals surface area (Å²) in [5.41, 5.74) is 5.73. The molecule has 0 aromatic rings. The van der Waals surface area contributed by atoms with Crippen LogP contribution in [-0.4, -0.2) is 5.91 Å². The summed E-state index contributed by atoms with van der Waals surface area (Å²) in [5, 5.41) is 0. The van der Waals surface area contributed by atoms with E-state index in [1.807, 2.05) is 0 Å². The average Bonchev–Trinajstić information content (AvgIpc) is 2.54. The van der Waals surface area contributed by atoms with Crippen molar-refractivity contribution in [3.8, 4) is 0 Å². The van der Waals surface area contributed by atoms with Gasteiger partial charge in [-0.15, -0.1) is 0 Å². The normalized spacial score (nSPS) is 11.2. The lowest BCUT2D eigenvalue weighted by Crippen LogP contribution is -2.12. The van der Waals surface area contributed by atoms with E-state index in [0.717, 1.165) is 12.8 Å². The largest absolute Gasteiger partial charge is 0.366 e. The number of allylic oxidation sites excluding steroid dienone is 2. The van der Waals surface area contributed by atoms with Crippen LogP contribution in [0.1, 0.15) is 103 Å². The van der Waals surface area contributed by atoms with Crippen molar-refractivity contribution in [1.29, 1.82) is 0 Å². The predicted molar refractivity (Wildman–Crippen MR) is 102 cm³/mol. The second-order valence-corrected chi connectivity index (χ2v) is 6.66. The first-order chi connectivity index (χ1) is 11.2. The van der Waals surface area contributed by atoms with E-state index in [1.54, 1.807) is 0 Å². The summed E-state index contributed by atoms with van der Waals surface area (Å²) in [7, 11) is 0. The maximum Gasteiger partial charge on any atom is 0.244 e. The van der Waals surface area contributed by atoms with Crippen molar-refractivity contribution in [2.24, 2.45) is 5.73 Å². The fourth-order valence-corrected chi connectivity index (χ4v) is 2.71. The van der Waals surface area contributed by atoms with Crippen LogP contribution in [0.4, 0.5) is 0 Å². The number of amides is 1. The highest BCUT2D eigenvalue weighted by Crippen LogP contribution is 2.12. The van der Waals surface area contributed by atoms with Crippen LogP contribution in [0.3, 0.4) is 0 Å². The Kier molecular flexibility index (Phi) is 16.5. The molecular weight excluding hydrogens is 282 g/mol. The number of primary amides is 1. The molecule has 1 amide bonds.